The van der Waals surface area contributed by atoms with Crippen molar-refractivity contribution in [2.45, 2.75) is 83.1 Å². The van der Waals surface area contributed by atoms with Crippen LogP contribution in [0.3, 0.4) is 0 Å². The summed E-state index contributed by atoms with van der Waals surface area (Å²) in [5, 5.41) is 47.9. The minimum Gasteiger partial charge on any atom is -0.459 e. The molecule has 334 valence electrons. The largest absolute Gasteiger partial charge is 0.459 e. The van der Waals surface area contributed by atoms with Gasteiger partial charge in [-0.2, -0.15) is 0 Å². The van der Waals surface area contributed by atoms with E-state index in [9.17, 15) is 35.0 Å². The lowest BCUT2D eigenvalue weighted by Crippen LogP contribution is -2.70. The van der Waals surface area contributed by atoms with Gasteiger partial charge in [-0.3, -0.25) is 15.0 Å². The summed E-state index contributed by atoms with van der Waals surface area (Å²) in [6, 6.07) is 10.3. The van der Waals surface area contributed by atoms with Crippen molar-refractivity contribution >= 4 is 23.6 Å². The molecule has 0 unspecified atom stereocenters. The second kappa shape index (κ2) is 23.2. The van der Waals surface area contributed by atoms with Crippen LogP contribution < -0.4 is 14.8 Å². The van der Waals surface area contributed by atoms with Crippen LogP contribution in [0.4, 0.5) is 15.3 Å². The summed E-state index contributed by atoms with van der Waals surface area (Å²) in [5.74, 6) is -1.98. The van der Waals surface area contributed by atoms with Gasteiger partial charge in [0.1, 0.15) is 24.1 Å². The third kappa shape index (κ3) is 11.5. The number of unbranched alkanes of at least 4 members (excludes halogenated alkanes) is 2. The highest BCUT2D eigenvalue weighted by molar-refractivity contribution is 6.03. The molecule has 0 saturated heterocycles. The maximum Gasteiger partial charge on any atom is 0.412 e. The lowest BCUT2D eigenvalue weighted by molar-refractivity contribution is -0.384. The number of hydrogen-bond donors (Lipinski definition) is 4. The van der Waals surface area contributed by atoms with Crippen LogP contribution in [0.5, 0.6) is 11.5 Å². The Hall–Kier alpha value is -5.07. The van der Waals surface area contributed by atoms with Gasteiger partial charge in [-0.1, -0.05) is 30.1 Å². The highest BCUT2D eigenvalue weighted by Crippen LogP contribution is 2.62. The topological polar surface area (TPSA) is 221 Å². The van der Waals surface area contributed by atoms with Crippen LogP contribution in [0, 0.1) is 27.9 Å². The van der Waals surface area contributed by atoms with Crippen molar-refractivity contribution in [2.24, 2.45) is 22.9 Å². The second-order valence-corrected chi connectivity index (χ2v) is 15.1. The van der Waals surface area contributed by atoms with Gasteiger partial charge in [0.2, 0.25) is 5.79 Å². The molecule has 2 aliphatic carbocycles. The number of ether oxygens (including phenoxy) is 5. The lowest BCUT2D eigenvalue weighted by Gasteiger charge is -2.59. The minimum absolute atomic E-state index is 0.00813. The number of aliphatic hydroxyl groups is 3. The molecule has 61 heavy (non-hydrogen) atoms. The van der Waals surface area contributed by atoms with Crippen molar-refractivity contribution in [3.05, 3.63) is 88.0 Å². The minimum atomic E-state index is -1.58. The number of nitro benzene ring substituents is 1. The SMILES string of the molecule is C=CCO[C@@]12Oc3ccc(OC(=O)NCC)cc3[C@H]3[C@H](CCCCO)[C@@H](CCCCO)C=C(C(=NOCc4ccc([N+](=O)[O-])cc4)C[C@@H]1N(CCOCCO)C(=O)OCC)[C@H]32. The van der Waals surface area contributed by atoms with E-state index in [1.807, 2.05) is 6.07 Å². The normalized spacial score (nSPS) is 23.1. The number of carbonyl (C=O) groups excluding carboxylic acids is 2. The van der Waals surface area contributed by atoms with Gasteiger partial charge < -0.3 is 49.2 Å². The third-order valence-electron chi connectivity index (χ3n) is 11.3. The summed E-state index contributed by atoms with van der Waals surface area (Å²) in [5.41, 5.74) is 2.66. The van der Waals surface area contributed by atoms with Crippen molar-refractivity contribution in [3.63, 3.8) is 0 Å². The number of aliphatic hydroxyl groups excluding tert-OH is 3. The smallest absolute Gasteiger partial charge is 0.412 e. The first-order chi connectivity index (χ1) is 29.7. The van der Waals surface area contributed by atoms with Crippen molar-refractivity contribution in [1.29, 1.82) is 0 Å². The fraction of sp³-hybridized carbons (Fsp3) is 0.568. The molecular weight excluding hydrogens is 792 g/mol. The summed E-state index contributed by atoms with van der Waals surface area (Å²) in [4.78, 5) is 45.3. The summed E-state index contributed by atoms with van der Waals surface area (Å²) >= 11 is 0. The van der Waals surface area contributed by atoms with Gasteiger partial charge in [-0.05, 0) is 92.8 Å². The molecule has 2 aromatic carbocycles. The zero-order valence-corrected chi connectivity index (χ0v) is 35.1. The van der Waals surface area contributed by atoms with E-state index in [2.05, 4.69) is 18.0 Å². The third-order valence-corrected chi connectivity index (χ3v) is 11.3. The molecule has 1 saturated carbocycles. The van der Waals surface area contributed by atoms with Crippen molar-refractivity contribution in [2.75, 3.05) is 59.3 Å². The molecule has 0 aromatic heterocycles. The average molecular weight is 853 g/mol. The quantitative estimate of drug-likeness (QED) is 0.0412. The summed E-state index contributed by atoms with van der Waals surface area (Å²) in [6.07, 6.45) is 6.66. The van der Waals surface area contributed by atoms with Crippen LogP contribution in [0.2, 0.25) is 0 Å². The molecule has 4 N–H and O–H groups in total. The van der Waals surface area contributed by atoms with Crippen LogP contribution >= 0.6 is 0 Å². The number of benzene rings is 2. The Kier molecular flexibility index (Phi) is 17.9. The monoisotopic (exact) mass is 852 g/mol. The number of fused-ring (bicyclic) bond motifs is 2. The fourth-order valence-electron chi connectivity index (χ4n) is 8.81. The molecule has 3 aliphatic rings. The van der Waals surface area contributed by atoms with Crippen LogP contribution in [-0.4, -0.2) is 114 Å². The standard InChI is InChI=1S/C44H60N4O13/c1-4-23-58-44-39(47(43(53)57-6-3)19-24-56-25-22-51)28-37(46-59-29-30-13-15-32(16-14-30)48(54)55)35-26-31(11-7-9-20-49)34(12-8-10-21-50)40(41(35)44)36-27-33(17-18-38(36)61-44)60-42(52)45-5-2/h4,13-18,26-27,31,34,39-41,49-51H,1,5-12,19-25,28-29H2,2-3H3,(H,45,52)/t31-,34+,39-,40+,41+,44+/m0/s1. The maximum atomic E-state index is 14.1. The first-order valence-corrected chi connectivity index (χ1v) is 21.2. The fourth-order valence-corrected chi connectivity index (χ4v) is 8.81. The van der Waals surface area contributed by atoms with E-state index in [0.29, 0.717) is 55.0 Å². The van der Waals surface area contributed by atoms with Gasteiger partial charge in [-0.15, -0.1) is 6.58 Å². The zero-order valence-electron chi connectivity index (χ0n) is 35.1. The molecule has 5 rings (SSSR count). The number of allylic oxidation sites excluding steroid dienone is 1. The van der Waals surface area contributed by atoms with E-state index in [0.717, 1.165) is 24.0 Å². The van der Waals surface area contributed by atoms with E-state index in [-0.39, 0.29) is 89.3 Å². The predicted molar refractivity (Wildman–Crippen MR) is 224 cm³/mol. The highest BCUT2D eigenvalue weighted by Gasteiger charge is 2.65. The first kappa shape index (κ1) is 47.0. The number of non-ortho nitro benzene ring substituents is 1. The molecule has 6 atom stereocenters. The highest BCUT2D eigenvalue weighted by atomic mass is 16.7. The summed E-state index contributed by atoms with van der Waals surface area (Å²) in [7, 11) is 0. The Morgan fingerprint density at radius 2 is 1.80 bits per heavy atom. The molecule has 0 radical (unpaired) electrons. The number of carbonyl (C=O) groups is 2. The number of oxime groups is 1. The zero-order chi connectivity index (χ0) is 43.8. The van der Waals surface area contributed by atoms with Crippen LogP contribution in [-0.2, 0) is 25.7 Å². The Morgan fingerprint density at radius 3 is 2.48 bits per heavy atom. The number of hydrogen-bond acceptors (Lipinski definition) is 14. The van der Waals surface area contributed by atoms with Gasteiger partial charge in [0.25, 0.3) is 5.69 Å². The van der Waals surface area contributed by atoms with Crippen molar-refractivity contribution in [3.8, 4) is 11.5 Å². The van der Waals surface area contributed by atoms with Gasteiger partial charge in [0.05, 0.1) is 49.6 Å². The van der Waals surface area contributed by atoms with Gasteiger partial charge in [-0.25, -0.2) is 9.59 Å². The van der Waals surface area contributed by atoms with Crippen LogP contribution in [0.15, 0.2) is 71.9 Å². The number of amides is 2. The first-order valence-electron chi connectivity index (χ1n) is 21.2. The van der Waals surface area contributed by atoms with Gasteiger partial charge >= 0.3 is 12.2 Å². The van der Waals surface area contributed by atoms with E-state index in [1.54, 1.807) is 44.2 Å². The molecule has 17 nitrogen and oxygen atoms in total. The van der Waals surface area contributed by atoms with E-state index < -0.39 is 34.9 Å². The molecule has 2 aromatic rings. The van der Waals surface area contributed by atoms with Crippen molar-refractivity contribution < 1.29 is 58.4 Å². The molecule has 1 fully saturated rings. The Labute approximate surface area is 356 Å². The van der Waals surface area contributed by atoms with Crippen molar-refractivity contribution in [1.82, 2.24) is 10.2 Å². The molecule has 2 amide bonds. The Bertz CT molecular complexity index is 1840. The molecule has 1 aliphatic heterocycles. The number of nitrogens with one attached hydrogen (secondary N) is 1. The number of nitro groups is 1. The Balaban J connectivity index is 1.75. The second-order valence-electron chi connectivity index (χ2n) is 15.1. The molecule has 0 spiro atoms. The summed E-state index contributed by atoms with van der Waals surface area (Å²) < 4.78 is 31.2. The predicted octanol–water partition coefficient (Wildman–Crippen LogP) is 6.00. The molecule has 1 heterocycles. The van der Waals surface area contributed by atoms with Gasteiger partial charge in [0, 0.05) is 56.3 Å². The number of rotatable bonds is 24. The lowest BCUT2D eigenvalue weighted by atomic mass is 9.55. The molecule has 17 heteroatoms. The van der Waals surface area contributed by atoms with Crippen LogP contribution in [0.25, 0.3) is 0 Å². The van der Waals surface area contributed by atoms with E-state index >= 15 is 0 Å². The maximum absolute atomic E-state index is 14.1. The van der Waals surface area contributed by atoms with Gasteiger partial charge in [0.15, 0.2) is 0 Å². The van der Waals surface area contributed by atoms with E-state index in [1.165, 1.54) is 17.0 Å². The Morgan fingerprint density at radius 1 is 1.05 bits per heavy atom. The molecular formula is C44H60N4O13. The average Bonchev–Trinajstić information content (AvgIpc) is 3.25. The molecule has 0 bridgehead atoms. The van der Waals surface area contributed by atoms with E-state index in [4.69, 9.17) is 33.7 Å². The number of nitrogens with zero attached hydrogens (tertiary/aromatic N) is 3. The van der Waals surface area contributed by atoms with Crippen LogP contribution in [0.1, 0.15) is 75.8 Å². The summed E-state index contributed by atoms with van der Waals surface area (Å²) in [6.45, 7) is 7.93.